The van der Waals surface area contributed by atoms with Crippen LogP contribution in [0.1, 0.15) is 20.8 Å². The second kappa shape index (κ2) is 5.98. The smallest absolute Gasteiger partial charge is 0.155 e. The van der Waals surface area contributed by atoms with Crippen molar-refractivity contribution in [1.82, 2.24) is 0 Å². The second-order valence-corrected chi connectivity index (χ2v) is 2.81. The molecule has 0 aliphatic carbocycles. The van der Waals surface area contributed by atoms with E-state index in [1.807, 2.05) is 13.8 Å². The molecule has 0 heterocycles. The highest BCUT2D eigenvalue weighted by Gasteiger charge is 2.09. The monoisotopic (exact) mass is 174 g/mol. The van der Waals surface area contributed by atoms with Gasteiger partial charge in [0.15, 0.2) is 12.2 Å². The molecule has 2 atom stereocenters. The van der Waals surface area contributed by atoms with Crippen LogP contribution in [0.2, 0.25) is 0 Å². The molecular weight excluding hydrogens is 160 g/mol. The zero-order valence-corrected chi connectivity index (χ0v) is 7.44. The van der Waals surface area contributed by atoms with Gasteiger partial charge in [-0.25, -0.2) is 9.78 Å². The molecule has 4 heteroatoms. The van der Waals surface area contributed by atoms with E-state index in [-0.39, 0.29) is 5.92 Å². The Labute approximate surface area is 72.0 Å². The molecule has 2 unspecified atom stereocenters. The molecule has 0 saturated carbocycles. The van der Waals surface area contributed by atoms with Crippen molar-refractivity contribution in [1.29, 1.82) is 0 Å². The minimum atomic E-state index is -0.568. The summed E-state index contributed by atoms with van der Waals surface area (Å²) in [6.45, 7) is 5.31. The average Bonchev–Trinajstić information content (AvgIpc) is 2.04. The fraction of sp³-hybridized carbons (Fsp3) is 0.750. The van der Waals surface area contributed by atoms with Gasteiger partial charge in [-0.05, 0) is 12.8 Å². The third-order valence-corrected chi connectivity index (χ3v) is 1.31. The molecule has 0 aromatic carbocycles. The predicted molar refractivity (Wildman–Crippen MR) is 43.3 cm³/mol. The molecule has 0 aromatic rings. The quantitative estimate of drug-likeness (QED) is 0.385. The normalized spacial score (nSPS) is 15.2. The minimum absolute atomic E-state index is 0.0911. The van der Waals surface area contributed by atoms with E-state index in [1.54, 1.807) is 6.92 Å². The van der Waals surface area contributed by atoms with Crippen LogP contribution in [0.15, 0.2) is 0 Å². The van der Waals surface area contributed by atoms with Crippen molar-refractivity contribution < 1.29 is 20.3 Å². The lowest BCUT2D eigenvalue weighted by Crippen LogP contribution is -2.16. The fourth-order valence-electron chi connectivity index (χ4n) is 0.541. The molecule has 0 radical (unpaired) electrons. The van der Waals surface area contributed by atoms with Gasteiger partial charge in [0, 0.05) is 0 Å². The number of rotatable bonds is 3. The van der Waals surface area contributed by atoms with Gasteiger partial charge in [-0.1, -0.05) is 25.7 Å². The van der Waals surface area contributed by atoms with Crippen molar-refractivity contribution >= 4 is 0 Å². The molecule has 0 aromatic heterocycles. The first-order valence-corrected chi connectivity index (χ1v) is 3.73. The SMILES string of the molecule is CC(C#CC(OO)C(C)C)OO. The van der Waals surface area contributed by atoms with Crippen molar-refractivity contribution in [3.8, 4) is 11.8 Å². The molecule has 2 N–H and O–H groups in total. The zero-order valence-electron chi connectivity index (χ0n) is 7.44. The van der Waals surface area contributed by atoms with E-state index in [1.165, 1.54) is 0 Å². The third-order valence-electron chi connectivity index (χ3n) is 1.31. The van der Waals surface area contributed by atoms with Crippen LogP contribution in [0.4, 0.5) is 0 Å². The number of hydrogen-bond donors (Lipinski definition) is 2. The summed E-state index contributed by atoms with van der Waals surface area (Å²) in [5.41, 5.74) is 0. The van der Waals surface area contributed by atoms with Gasteiger partial charge in [-0.2, -0.15) is 0 Å². The topological polar surface area (TPSA) is 58.9 Å². The van der Waals surface area contributed by atoms with Gasteiger partial charge in [0.2, 0.25) is 0 Å². The first-order valence-electron chi connectivity index (χ1n) is 3.73. The summed E-state index contributed by atoms with van der Waals surface area (Å²) >= 11 is 0. The Morgan fingerprint density at radius 2 is 1.58 bits per heavy atom. The van der Waals surface area contributed by atoms with Crippen molar-refractivity contribution in [3.05, 3.63) is 0 Å². The van der Waals surface area contributed by atoms with Crippen molar-refractivity contribution in [3.63, 3.8) is 0 Å². The Bertz CT molecular complexity index is 168. The van der Waals surface area contributed by atoms with Gasteiger partial charge in [0.25, 0.3) is 0 Å². The summed E-state index contributed by atoms with van der Waals surface area (Å²) in [6.07, 6.45) is -1.11. The highest BCUT2D eigenvalue weighted by atomic mass is 17.1. The summed E-state index contributed by atoms with van der Waals surface area (Å²) in [4.78, 5) is 8.01. The highest BCUT2D eigenvalue weighted by molar-refractivity contribution is 5.09. The molecule has 0 saturated heterocycles. The minimum Gasteiger partial charge on any atom is -0.251 e. The van der Waals surface area contributed by atoms with Crippen LogP contribution in [0.3, 0.4) is 0 Å². The molecule has 0 spiro atoms. The van der Waals surface area contributed by atoms with Crippen LogP contribution in [0.25, 0.3) is 0 Å². The van der Waals surface area contributed by atoms with Crippen LogP contribution >= 0.6 is 0 Å². The maximum Gasteiger partial charge on any atom is 0.155 e. The molecule has 0 bridgehead atoms. The van der Waals surface area contributed by atoms with Crippen molar-refractivity contribution in [2.45, 2.75) is 33.0 Å². The molecule has 0 amide bonds. The second-order valence-electron chi connectivity index (χ2n) is 2.81. The summed E-state index contributed by atoms with van der Waals surface area (Å²) in [6, 6.07) is 0. The molecule has 70 valence electrons. The number of hydrogen-bond acceptors (Lipinski definition) is 4. The van der Waals surface area contributed by atoms with Crippen LogP contribution in [0.5, 0.6) is 0 Å². The lowest BCUT2D eigenvalue weighted by atomic mass is 10.1. The largest absolute Gasteiger partial charge is 0.251 e. The first-order chi connectivity index (χ1) is 5.61. The van der Waals surface area contributed by atoms with Crippen molar-refractivity contribution in [2.75, 3.05) is 0 Å². The molecule has 4 nitrogen and oxygen atoms in total. The Hall–Kier alpha value is -0.600. The van der Waals surface area contributed by atoms with Crippen molar-refractivity contribution in [2.24, 2.45) is 5.92 Å². The van der Waals surface area contributed by atoms with E-state index in [0.717, 1.165) is 0 Å². The molecule has 12 heavy (non-hydrogen) atoms. The predicted octanol–water partition coefficient (Wildman–Crippen LogP) is 1.38. The Kier molecular flexibility index (Phi) is 5.68. The molecule has 0 fully saturated rings. The van der Waals surface area contributed by atoms with Crippen LogP contribution in [-0.4, -0.2) is 22.7 Å². The van der Waals surface area contributed by atoms with Crippen LogP contribution < -0.4 is 0 Å². The Balaban J connectivity index is 4.05. The van der Waals surface area contributed by atoms with Gasteiger partial charge < -0.3 is 0 Å². The highest BCUT2D eigenvalue weighted by Crippen LogP contribution is 2.03. The molecular formula is C8H14O4. The van der Waals surface area contributed by atoms with E-state index in [9.17, 15) is 0 Å². The zero-order chi connectivity index (χ0) is 9.56. The lowest BCUT2D eigenvalue weighted by Gasteiger charge is -2.09. The summed E-state index contributed by atoms with van der Waals surface area (Å²) in [5, 5.41) is 16.5. The van der Waals surface area contributed by atoms with Gasteiger partial charge in [-0.3, -0.25) is 10.5 Å². The maximum atomic E-state index is 8.38. The third kappa shape index (κ3) is 4.31. The van der Waals surface area contributed by atoms with E-state index in [2.05, 4.69) is 21.6 Å². The van der Waals surface area contributed by atoms with Gasteiger partial charge >= 0.3 is 0 Å². The lowest BCUT2D eigenvalue weighted by molar-refractivity contribution is -0.272. The fourth-order valence-corrected chi connectivity index (χ4v) is 0.541. The Morgan fingerprint density at radius 3 is 1.92 bits per heavy atom. The van der Waals surface area contributed by atoms with Crippen LogP contribution in [-0.2, 0) is 9.78 Å². The summed E-state index contributed by atoms with van der Waals surface area (Å²) < 4.78 is 0. The summed E-state index contributed by atoms with van der Waals surface area (Å²) in [5.74, 6) is 5.26. The first kappa shape index (κ1) is 11.4. The van der Waals surface area contributed by atoms with Gasteiger partial charge in [0.05, 0.1) is 0 Å². The van der Waals surface area contributed by atoms with E-state index in [4.69, 9.17) is 10.5 Å². The summed E-state index contributed by atoms with van der Waals surface area (Å²) in [7, 11) is 0. The van der Waals surface area contributed by atoms with E-state index < -0.39 is 12.2 Å². The molecule has 0 rings (SSSR count). The van der Waals surface area contributed by atoms with Gasteiger partial charge in [0.1, 0.15) is 0 Å². The van der Waals surface area contributed by atoms with Crippen LogP contribution in [0, 0.1) is 17.8 Å². The average molecular weight is 174 g/mol. The maximum absolute atomic E-state index is 8.38. The standard InChI is InChI=1S/C8H14O4/c1-6(2)8(12-10)5-4-7(3)11-9/h6-10H,1-3H3. The van der Waals surface area contributed by atoms with Gasteiger partial charge in [-0.15, -0.1) is 0 Å². The van der Waals surface area contributed by atoms with E-state index >= 15 is 0 Å². The van der Waals surface area contributed by atoms with E-state index in [0.29, 0.717) is 0 Å². The Morgan fingerprint density at radius 1 is 1.00 bits per heavy atom. The molecule has 0 aliphatic rings. The molecule has 0 aliphatic heterocycles.